The van der Waals surface area contributed by atoms with Crippen LogP contribution < -0.4 is 15.4 Å². The van der Waals surface area contributed by atoms with Crippen molar-refractivity contribution in [2.24, 2.45) is 18.9 Å². The topological polar surface area (TPSA) is 143 Å². The summed E-state index contributed by atoms with van der Waals surface area (Å²) in [4.78, 5) is 36.5. The van der Waals surface area contributed by atoms with Gasteiger partial charge in [-0.25, -0.2) is 0 Å². The minimum Gasteiger partial charge on any atom is -0.495 e. The van der Waals surface area contributed by atoms with Gasteiger partial charge in [0, 0.05) is 32.1 Å². The number of hydrogen-bond acceptors (Lipinski definition) is 6. The van der Waals surface area contributed by atoms with Crippen LogP contribution in [-0.4, -0.2) is 63.6 Å². The zero-order valence-electron chi connectivity index (χ0n) is 21.9. The second-order valence-electron chi connectivity index (χ2n) is 9.06. The van der Waals surface area contributed by atoms with E-state index in [0.29, 0.717) is 16.3 Å². The van der Waals surface area contributed by atoms with E-state index in [1.54, 1.807) is 22.9 Å². The van der Waals surface area contributed by atoms with Crippen LogP contribution in [0.1, 0.15) is 31.5 Å². The summed E-state index contributed by atoms with van der Waals surface area (Å²) in [6.07, 6.45) is 7.92. The van der Waals surface area contributed by atoms with Gasteiger partial charge in [-0.15, -0.1) is 0 Å². The third-order valence-corrected chi connectivity index (χ3v) is 6.15. The molecule has 0 saturated carbocycles. The standard InChI is InChI=1S/C27H35ClN4O6/c1-17(8-10-20-12-13-32(3)31-20)23(33)6-5-7-25(34)30-22(26(35)29-16-18(2)27(36)37)15-19-9-11-24(38-4)21(28)14-19/h5,7-14,17-18,22-23,33H,6,15-16H2,1-4H3,(H,29,35)(H,30,34)(H,36,37)/b7-5+,10-8+/t17-,18-,22-,23+/m1/s1. The number of hydrogen-bond donors (Lipinski definition) is 4. The van der Waals surface area contributed by atoms with E-state index in [-0.39, 0.29) is 25.3 Å². The first-order chi connectivity index (χ1) is 18.0. The zero-order valence-corrected chi connectivity index (χ0v) is 22.7. The second-order valence-corrected chi connectivity index (χ2v) is 9.46. The van der Waals surface area contributed by atoms with Crippen molar-refractivity contribution in [3.63, 3.8) is 0 Å². The van der Waals surface area contributed by atoms with Crippen molar-refractivity contribution in [2.75, 3.05) is 13.7 Å². The highest BCUT2D eigenvalue weighted by atomic mass is 35.5. The summed E-state index contributed by atoms with van der Waals surface area (Å²) in [7, 11) is 3.31. The molecule has 0 radical (unpaired) electrons. The van der Waals surface area contributed by atoms with E-state index in [1.165, 1.54) is 26.2 Å². The first kappa shape index (κ1) is 30.6. The molecule has 2 amide bonds. The monoisotopic (exact) mass is 546 g/mol. The molecule has 0 fully saturated rings. The van der Waals surface area contributed by atoms with Crippen molar-refractivity contribution in [2.45, 2.75) is 38.8 Å². The molecule has 4 atom stereocenters. The third-order valence-electron chi connectivity index (χ3n) is 5.85. The number of carbonyl (C=O) groups is 3. The van der Waals surface area contributed by atoms with Gasteiger partial charge in [0.15, 0.2) is 0 Å². The number of halogens is 1. The van der Waals surface area contributed by atoms with Gasteiger partial charge in [-0.05, 0) is 42.3 Å². The minimum atomic E-state index is -1.04. The van der Waals surface area contributed by atoms with Crippen LogP contribution in [0.4, 0.5) is 0 Å². The molecule has 1 heterocycles. The Morgan fingerprint density at radius 1 is 1.24 bits per heavy atom. The molecule has 4 N–H and O–H groups in total. The van der Waals surface area contributed by atoms with Gasteiger partial charge in [0.05, 0.1) is 29.8 Å². The third kappa shape index (κ3) is 10.0. The van der Waals surface area contributed by atoms with E-state index in [0.717, 1.165) is 5.69 Å². The number of aryl methyl sites for hydroxylation is 1. The Kier molecular flexibility index (Phi) is 12.0. The fraction of sp³-hybridized carbons (Fsp3) is 0.407. The van der Waals surface area contributed by atoms with E-state index in [1.807, 2.05) is 38.4 Å². The molecule has 11 heteroatoms. The highest BCUT2D eigenvalue weighted by Crippen LogP contribution is 2.25. The van der Waals surface area contributed by atoms with Gasteiger partial charge in [0.2, 0.25) is 11.8 Å². The van der Waals surface area contributed by atoms with E-state index in [2.05, 4.69) is 15.7 Å². The zero-order chi connectivity index (χ0) is 28.2. The van der Waals surface area contributed by atoms with Gasteiger partial charge in [-0.3, -0.25) is 19.1 Å². The van der Waals surface area contributed by atoms with E-state index in [9.17, 15) is 19.5 Å². The Bertz CT molecular complexity index is 1160. The van der Waals surface area contributed by atoms with E-state index < -0.39 is 35.8 Å². The van der Waals surface area contributed by atoms with E-state index >= 15 is 0 Å². The molecule has 206 valence electrons. The van der Waals surface area contributed by atoms with Crippen molar-refractivity contribution in [3.8, 4) is 5.75 Å². The number of nitrogens with one attached hydrogen (secondary N) is 2. The number of carboxylic acid groups (broad SMARTS) is 1. The number of methoxy groups -OCH3 is 1. The lowest BCUT2D eigenvalue weighted by Crippen LogP contribution is -2.48. The lowest BCUT2D eigenvalue weighted by Gasteiger charge is -2.19. The highest BCUT2D eigenvalue weighted by Gasteiger charge is 2.22. The van der Waals surface area contributed by atoms with Gasteiger partial charge in [-0.2, -0.15) is 5.10 Å². The van der Waals surface area contributed by atoms with Crippen LogP contribution in [-0.2, 0) is 27.9 Å². The molecule has 0 aliphatic carbocycles. The molecule has 0 aliphatic rings. The molecule has 1 aromatic heterocycles. The maximum Gasteiger partial charge on any atom is 0.308 e. The number of amides is 2. The Hall–Kier alpha value is -3.63. The molecule has 0 aliphatic heterocycles. The van der Waals surface area contributed by atoms with Crippen molar-refractivity contribution in [3.05, 3.63) is 65.0 Å². The maximum atomic E-state index is 12.8. The summed E-state index contributed by atoms with van der Waals surface area (Å²) in [6.45, 7) is 3.24. The highest BCUT2D eigenvalue weighted by molar-refractivity contribution is 6.32. The van der Waals surface area contributed by atoms with Gasteiger partial charge in [-0.1, -0.05) is 43.7 Å². The summed E-state index contributed by atoms with van der Waals surface area (Å²) in [5.41, 5.74) is 1.46. The number of aliphatic hydroxyl groups is 1. The minimum absolute atomic E-state index is 0.0875. The number of aromatic nitrogens is 2. The predicted octanol–water partition coefficient (Wildman–Crippen LogP) is 2.60. The number of nitrogens with zero attached hydrogens (tertiary/aromatic N) is 2. The summed E-state index contributed by atoms with van der Waals surface area (Å²) in [6, 6.07) is 5.89. The van der Waals surface area contributed by atoms with Crippen LogP contribution in [0.2, 0.25) is 5.02 Å². The van der Waals surface area contributed by atoms with Crippen LogP contribution in [0.15, 0.2) is 48.7 Å². The molecule has 38 heavy (non-hydrogen) atoms. The molecule has 0 saturated heterocycles. The molecule has 2 rings (SSSR count). The van der Waals surface area contributed by atoms with Crippen molar-refractivity contribution in [1.82, 2.24) is 20.4 Å². The molecule has 0 unspecified atom stereocenters. The Morgan fingerprint density at radius 3 is 2.58 bits per heavy atom. The van der Waals surface area contributed by atoms with Crippen LogP contribution in [0, 0.1) is 11.8 Å². The van der Waals surface area contributed by atoms with Gasteiger partial charge in [0.1, 0.15) is 11.8 Å². The molecular weight excluding hydrogens is 512 g/mol. The Morgan fingerprint density at radius 2 is 1.97 bits per heavy atom. The summed E-state index contributed by atoms with van der Waals surface area (Å²) in [5.74, 6) is -2.60. The van der Waals surface area contributed by atoms with Gasteiger partial charge >= 0.3 is 5.97 Å². The number of aliphatic hydroxyl groups excluding tert-OH is 1. The number of carbonyl (C=O) groups excluding carboxylic acids is 2. The fourth-order valence-corrected chi connectivity index (χ4v) is 3.68. The molecular formula is C27H35ClN4O6. The largest absolute Gasteiger partial charge is 0.495 e. The number of carboxylic acids is 1. The van der Waals surface area contributed by atoms with Crippen LogP contribution in [0.25, 0.3) is 6.08 Å². The summed E-state index contributed by atoms with van der Waals surface area (Å²) < 4.78 is 6.84. The average molecular weight is 547 g/mol. The number of aliphatic carboxylic acids is 1. The van der Waals surface area contributed by atoms with Gasteiger partial charge < -0.3 is 25.6 Å². The second kappa shape index (κ2) is 14.9. The van der Waals surface area contributed by atoms with Crippen molar-refractivity contribution >= 4 is 35.5 Å². The van der Waals surface area contributed by atoms with Crippen LogP contribution in [0.3, 0.4) is 0 Å². The molecule has 0 spiro atoms. The fourth-order valence-electron chi connectivity index (χ4n) is 3.40. The number of rotatable bonds is 14. The average Bonchev–Trinajstić information content (AvgIpc) is 3.30. The first-order valence-electron chi connectivity index (χ1n) is 12.2. The van der Waals surface area contributed by atoms with Crippen LogP contribution in [0.5, 0.6) is 5.75 Å². The van der Waals surface area contributed by atoms with Crippen molar-refractivity contribution < 1.29 is 29.3 Å². The first-order valence-corrected chi connectivity index (χ1v) is 12.5. The lowest BCUT2D eigenvalue weighted by molar-refractivity contribution is -0.141. The molecule has 10 nitrogen and oxygen atoms in total. The summed E-state index contributed by atoms with van der Waals surface area (Å²) >= 11 is 6.20. The van der Waals surface area contributed by atoms with E-state index in [4.69, 9.17) is 21.4 Å². The Labute approximate surface area is 227 Å². The normalized spacial score (nSPS) is 14.7. The van der Waals surface area contributed by atoms with Gasteiger partial charge in [0.25, 0.3) is 0 Å². The number of ether oxygens (including phenoxy) is 1. The SMILES string of the molecule is COc1ccc(C[C@@H](NC(=O)/C=C/C[C@H](O)[C@H](C)/C=C/c2ccn(C)n2)C(=O)NC[C@@H](C)C(=O)O)cc1Cl. The maximum absolute atomic E-state index is 12.8. The molecule has 2 aromatic rings. The predicted molar refractivity (Wildman–Crippen MR) is 145 cm³/mol. The summed E-state index contributed by atoms with van der Waals surface area (Å²) in [5, 5.41) is 29.3. The Balaban J connectivity index is 2.01. The molecule has 0 bridgehead atoms. The number of benzene rings is 1. The smallest absolute Gasteiger partial charge is 0.308 e. The van der Waals surface area contributed by atoms with Crippen LogP contribution >= 0.6 is 11.6 Å². The van der Waals surface area contributed by atoms with Crippen molar-refractivity contribution in [1.29, 1.82) is 0 Å². The lowest BCUT2D eigenvalue weighted by atomic mass is 10.0. The molecule has 1 aromatic carbocycles. The quantitative estimate of drug-likeness (QED) is 0.267.